The lowest BCUT2D eigenvalue weighted by Crippen LogP contribution is -2.61. The van der Waals surface area contributed by atoms with E-state index in [9.17, 15) is 24.7 Å². The molecule has 5 nitrogen and oxygen atoms in total. The first-order chi connectivity index (χ1) is 54.1. The zero-order valence-corrected chi connectivity index (χ0v) is 50.7. The fourth-order valence-corrected chi connectivity index (χ4v) is 13.7. The Bertz CT molecular complexity index is 6550. The first kappa shape index (κ1) is 35.9. The highest BCUT2D eigenvalue weighted by Crippen LogP contribution is 2.52. The van der Waals surface area contributed by atoms with Crippen LogP contribution in [0.25, 0.3) is 110 Å². The topological polar surface area (TPSA) is 29.5 Å². The summed E-state index contributed by atoms with van der Waals surface area (Å²) in [7, 11) is 0. The van der Waals surface area contributed by atoms with Crippen molar-refractivity contribution in [2.24, 2.45) is 0 Å². The van der Waals surface area contributed by atoms with Crippen LogP contribution < -0.4 is 26.2 Å². The Morgan fingerprint density at radius 3 is 1.22 bits per heavy atom. The fraction of sp³-hybridized carbons (Fsp3) is 0.0930. The molecule has 6 heteroatoms. The number of rotatable bonds is 7. The minimum absolute atomic E-state index is 0.155. The maximum absolute atomic E-state index is 11.5. The number of hydrogen-bond donors (Lipinski definition) is 0. The van der Waals surface area contributed by atoms with Crippen molar-refractivity contribution < 1.29 is 34.6 Å². The van der Waals surface area contributed by atoms with E-state index in [4.69, 9.17) is 9.90 Å². The lowest BCUT2D eigenvalue weighted by Gasteiger charge is -2.45. The highest BCUT2D eigenvalue weighted by molar-refractivity contribution is 7.00. The summed E-state index contributed by atoms with van der Waals surface area (Å²) in [5.74, 6) is 0. The second-order valence-electron chi connectivity index (χ2n) is 25.6. The summed E-state index contributed by atoms with van der Waals surface area (Å²) in [5, 5.41) is 0.116. The molecule has 0 N–H and O–H groups in total. The second kappa shape index (κ2) is 20.2. The molecule has 92 heavy (non-hydrogen) atoms. The van der Waals surface area contributed by atoms with Crippen LogP contribution in [0, 0.1) is 0 Å². The molecule has 0 saturated carbocycles. The van der Waals surface area contributed by atoms with Crippen molar-refractivity contribution in [1.29, 1.82) is 0 Å². The monoisotopic (exact) mass is 1200 g/mol. The normalized spacial score (nSPS) is 16.4. The summed E-state index contributed by atoms with van der Waals surface area (Å²) in [4.78, 5) is 3.61. The molecule has 0 spiro atoms. The first-order valence-electron chi connectivity index (χ1n) is 41.5. The van der Waals surface area contributed by atoms with E-state index >= 15 is 0 Å². The molecule has 16 aromatic rings. The van der Waals surface area contributed by atoms with E-state index < -0.39 is 184 Å². The highest BCUT2D eigenvalue weighted by atomic mass is 16.3. The Morgan fingerprint density at radius 1 is 0.337 bits per heavy atom. The van der Waals surface area contributed by atoms with Gasteiger partial charge in [0.1, 0.15) is 11.2 Å². The van der Waals surface area contributed by atoms with Crippen LogP contribution in [0.15, 0.2) is 289 Å². The Balaban J connectivity index is 1.10. The fourth-order valence-electron chi connectivity index (χ4n) is 13.7. The molecule has 0 amide bonds. The summed E-state index contributed by atoms with van der Waals surface area (Å²) >= 11 is 0. The summed E-state index contributed by atoms with van der Waals surface area (Å²) in [5.41, 5.74) is 3.73. The van der Waals surface area contributed by atoms with Crippen molar-refractivity contribution in [1.82, 2.24) is 9.13 Å². The molecule has 438 valence electrons. The lowest BCUT2D eigenvalue weighted by atomic mass is 9.33. The molecule has 0 saturated heterocycles. The summed E-state index contributed by atoms with van der Waals surface area (Å²) in [6, 6.07) is 32.1. The molecular formula is C86H65BN4O. The van der Waals surface area contributed by atoms with Crippen LogP contribution in [0.1, 0.15) is 82.8 Å². The van der Waals surface area contributed by atoms with Gasteiger partial charge in [-0.2, -0.15) is 0 Å². The van der Waals surface area contributed by atoms with Crippen LogP contribution in [-0.4, -0.2) is 15.8 Å². The van der Waals surface area contributed by atoms with Gasteiger partial charge in [0.05, 0.1) is 63.6 Å². The highest BCUT2D eigenvalue weighted by Gasteiger charge is 2.45. The van der Waals surface area contributed by atoms with Gasteiger partial charge in [0.2, 0.25) is 0 Å². The van der Waals surface area contributed by atoms with Crippen LogP contribution in [0.4, 0.5) is 34.1 Å². The number of nitrogens with zero attached hydrogens (tertiary/aromatic N) is 4. The summed E-state index contributed by atoms with van der Waals surface area (Å²) < 4.78 is 225. The number of para-hydroxylation sites is 5. The number of benzene rings is 13. The van der Waals surface area contributed by atoms with Gasteiger partial charge < -0.3 is 23.4 Å². The van der Waals surface area contributed by atoms with Crippen molar-refractivity contribution in [3.8, 4) is 44.8 Å². The standard InChI is InChI=1S/C86H65BN4O/c1-85(2,3)58-38-44-76(67(50-58)54-23-9-7-10-24-54)90-78-52-60(88-72-32-18-13-27-62(72)63-28-14-19-33-73(63)88)40-42-70(78)87-71-43-41-61(89-74-34-20-15-29-64(74)65-30-16-21-35-75(65)89)53-79(71)91(77-45-39-59(86(4,5)6)51-68(77)55-25-11-8-12-26-55)81-49-57(48-80(90)84(81)87)56-37-46-83-69(47-56)66-31-17-22-36-82(66)92-83/h7-53H,1-6H3/i13D,14D,15D,16D,18D,19D,20D,21D,27D,28D,29D,30D,32D,33D,34D,35D,40D,41D,42D,43D,52D,53D. The number of anilines is 6. The molecule has 5 heterocycles. The molecule has 2 aliphatic rings. The maximum atomic E-state index is 11.5. The van der Waals surface area contributed by atoms with E-state index in [-0.39, 0.29) is 55.2 Å². The average Bonchev–Trinajstić information content (AvgIpc) is 0.962. The second-order valence-corrected chi connectivity index (χ2v) is 25.6. The van der Waals surface area contributed by atoms with Crippen LogP contribution in [0.5, 0.6) is 0 Å². The summed E-state index contributed by atoms with van der Waals surface area (Å²) in [6.07, 6.45) is 0. The molecule has 0 aliphatic carbocycles. The van der Waals surface area contributed by atoms with E-state index in [1.54, 1.807) is 9.80 Å². The van der Waals surface area contributed by atoms with E-state index in [0.717, 1.165) is 31.0 Å². The van der Waals surface area contributed by atoms with Crippen molar-refractivity contribution in [3.63, 3.8) is 0 Å². The molecule has 0 fully saturated rings. The van der Waals surface area contributed by atoms with Crippen LogP contribution in [0.2, 0.25) is 0 Å². The van der Waals surface area contributed by atoms with E-state index in [0.29, 0.717) is 61.4 Å². The number of fused-ring (bicyclic) bond motifs is 13. The third-order valence-electron chi connectivity index (χ3n) is 18.1. The van der Waals surface area contributed by atoms with Crippen molar-refractivity contribution >= 4 is 123 Å². The summed E-state index contributed by atoms with van der Waals surface area (Å²) in [6.45, 7) is 10.8. The van der Waals surface area contributed by atoms with Crippen LogP contribution >= 0.6 is 0 Å². The minimum Gasteiger partial charge on any atom is -0.456 e. The van der Waals surface area contributed by atoms with Gasteiger partial charge in [-0.15, -0.1) is 0 Å². The first-order valence-corrected chi connectivity index (χ1v) is 30.5. The van der Waals surface area contributed by atoms with Gasteiger partial charge in [0.15, 0.2) is 0 Å². The third-order valence-corrected chi connectivity index (χ3v) is 18.1. The zero-order valence-electron chi connectivity index (χ0n) is 72.7. The van der Waals surface area contributed by atoms with Gasteiger partial charge in [-0.3, -0.25) is 0 Å². The number of hydrogen-bond acceptors (Lipinski definition) is 3. The molecule has 0 atom stereocenters. The molecule has 2 aliphatic heterocycles. The third kappa shape index (κ3) is 8.26. The van der Waals surface area contributed by atoms with Crippen LogP contribution in [0.3, 0.4) is 0 Å². The van der Waals surface area contributed by atoms with E-state index in [1.165, 1.54) is 0 Å². The van der Waals surface area contributed by atoms with Crippen molar-refractivity contribution in [2.75, 3.05) is 9.80 Å². The zero-order chi connectivity index (χ0) is 80.9. The lowest BCUT2D eigenvalue weighted by molar-refractivity contribution is 0.590. The quantitative estimate of drug-likeness (QED) is 0.149. The van der Waals surface area contributed by atoms with Crippen molar-refractivity contribution in [3.05, 3.63) is 296 Å². The van der Waals surface area contributed by atoms with Gasteiger partial charge in [-0.1, -0.05) is 223 Å². The number of furan rings is 1. The van der Waals surface area contributed by atoms with Crippen LogP contribution in [-0.2, 0) is 10.8 Å². The average molecular weight is 1200 g/mol. The largest absolute Gasteiger partial charge is 0.456 e. The maximum Gasteiger partial charge on any atom is 0.252 e. The number of aromatic nitrogens is 2. The molecule has 0 unspecified atom stereocenters. The van der Waals surface area contributed by atoms with Gasteiger partial charge in [0.25, 0.3) is 6.71 Å². The van der Waals surface area contributed by atoms with Gasteiger partial charge in [-0.05, 0) is 164 Å². The van der Waals surface area contributed by atoms with E-state index in [1.807, 2.05) is 152 Å². The van der Waals surface area contributed by atoms with Gasteiger partial charge in [-0.25, -0.2) is 0 Å². The SMILES string of the molecule is [2H]c1c([2H])c(-n2c3c([2H])c([2H])c([2H])c([2H])c3c3c([2H])c([2H])c([2H])c([2H])c32)c([2H])c2c1B1c3c(cc(-c4ccc5oc6ccccc6c5c4)cc3N(c3ccc(C(C)(C)C)cc3-c3ccccc3)c3c([2H])c(-n4c5c([2H])c([2H])c([2H])c([2H])c5c5c([2H])c([2H])c([2H])c([2H])c54)c([2H])c([2H])c31)N2c1ccc(C(C)(C)C)cc1-c1ccccc1. The van der Waals surface area contributed by atoms with E-state index in [2.05, 4.69) is 41.5 Å². The Kier molecular flexibility index (Phi) is 7.90. The Morgan fingerprint density at radius 2 is 0.761 bits per heavy atom. The smallest absolute Gasteiger partial charge is 0.252 e. The van der Waals surface area contributed by atoms with Gasteiger partial charge >= 0.3 is 0 Å². The molecule has 13 aromatic carbocycles. The van der Waals surface area contributed by atoms with Gasteiger partial charge in [0, 0.05) is 77.6 Å². The van der Waals surface area contributed by atoms with Crippen molar-refractivity contribution in [2.45, 2.75) is 52.4 Å². The molecule has 0 radical (unpaired) electrons. The predicted octanol–water partition coefficient (Wildman–Crippen LogP) is 21.5. The predicted molar refractivity (Wildman–Crippen MR) is 390 cm³/mol. The molecular weight excluding hydrogens is 1120 g/mol. The minimum atomic E-state index is -1.62. The molecule has 0 bridgehead atoms. The molecule has 3 aromatic heterocycles. The molecule has 18 rings (SSSR count). The Hall–Kier alpha value is -11.1. The Labute approximate surface area is 567 Å².